The molecule has 1 saturated heterocycles. The number of rotatable bonds is 5. The number of halogens is 2. The number of phenolic OH excluding ortho intramolecular Hbond substituents is 1. The monoisotopic (exact) mass is 484 g/mol. The van der Waals surface area contributed by atoms with Crippen LogP contribution in [0.1, 0.15) is 48.8 Å². The Hall–Kier alpha value is -2.15. The smallest absolute Gasteiger partial charge is 0.223 e. The van der Waals surface area contributed by atoms with Crippen molar-refractivity contribution in [1.82, 2.24) is 10.2 Å². The first-order valence-corrected chi connectivity index (χ1v) is 12.7. The van der Waals surface area contributed by atoms with E-state index in [1.165, 1.54) is 18.9 Å². The topological polar surface area (TPSA) is 72.8 Å². The van der Waals surface area contributed by atoms with Crippen LogP contribution in [0.25, 0.3) is 0 Å². The number of piperidine rings is 1. The minimum absolute atomic E-state index is 0.0367. The fourth-order valence-corrected chi connectivity index (χ4v) is 7.16. The molecule has 34 heavy (non-hydrogen) atoms. The highest BCUT2D eigenvalue weighted by atomic mass is 35.5. The predicted molar refractivity (Wildman–Crippen MR) is 127 cm³/mol. The number of nitrogens with zero attached hydrogens (tertiary/aromatic N) is 1. The molecule has 180 valence electrons. The van der Waals surface area contributed by atoms with Gasteiger partial charge in [0.2, 0.25) is 5.91 Å². The molecule has 5 nitrogen and oxygen atoms in total. The molecule has 0 aromatic heterocycles. The molecule has 1 heterocycles. The number of hydrogen-bond acceptors (Lipinski definition) is 4. The fraction of sp³-hybridized carbons (Fsp3) is 0.519. The maximum absolute atomic E-state index is 14.2. The molecular formula is C27H30ClFN2O3. The third kappa shape index (κ3) is 3.45. The highest BCUT2D eigenvalue weighted by Gasteiger charge is 2.68. The lowest BCUT2D eigenvalue weighted by atomic mass is 9.56. The van der Waals surface area contributed by atoms with Crippen LogP contribution in [0.5, 0.6) is 5.75 Å². The lowest BCUT2D eigenvalue weighted by Gasteiger charge is -2.59. The number of benzene rings is 2. The lowest BCUT2D eigenvalue weighted by molar-refractivity contribution is -0.134. The maximum Gasteiger partial charge on any atom is 0.223 e. The van der Waals surface area contributed by atoms with Gasteiger partial charge in [-0.05, 0) is 86.4 Å². The van der Waals surface area contributed by atoms with Crippen molar-refractivity contribution in [2.45, 2.75) is 62.1 Å². The SMILES string of the molecule is O=C(NCc1ccc(Cl)cc1F)[C@@H]1C[C@]23CCN(CC4CC4)[C@H](Cc4ccc(O)cc42)[C@]3(O)C1. The number of aliphatic hydroxyl groups is 1. The summed E-state index contributed by atoms with van der Waals surface area (Å²) in [5.41, 5.74) is 0.953. The Morgan fingerprint density at radius 2 is 2.03 bits per heavy atom. The molecule has 0 unspecified atom stereocenters. The molecule has 2 saturated carbocycles. The summed E-state index contributed by atoms with van der Waals surface area (Å²) < 4.78 is 14.2. The molecule has 4 aliphatic rings. The van der Waals surface area contributed by atoms with Gasteiger partial charge in [0.1, 0.15) is 11.6 Å². The summed E-state index contributed by atoms with van der Waals surface area (Å²) in [7, 11) is 0. The Morgan fingerprint density at radius 3 is 2.79 bits per heavy atom. The van der Waals surface area contributed by atoms with E-state index in [0.717, 1.165) is 37.1 Å². The van der Waals surface area contributed by atoms with Crippen LogP contribution in [0.2, 0.25) is 5.02 Å². The number of amides is 1. The van der Waals surface area contributed by atoms with Crippen molar-refractivity contribution in [2.24, 2.45) is 11.8 Å². The highest BCUT2D eigenvalue weighted by molar-refractivity contribution is 6.30. The zero-order chi connectivity index (χ0) is 23.7. The molecule has 2 aromatic carbocycles. The zero-order valence-corrected chi connectivity index (χ0v) is 19.8. The van der Waals surface area contributed by atoms with Crippen LogP contribution in [0.4, 0.5) is 4.39 Å². The van der Waals surface area contributed by atoms with Crippen LogP contribution in [-0.2, 0) is 23.2 Å². The standard InChI is InChI=1S/C27H30ClFN2O3/c28-20-5-3-18(23(29)10-20)14-30-25(33)19-12-26-7-8-31(15-16-1-2-16)24(27(26,34)13-19)9-17-4-6-21(32)11-22(17)26/h3-6,10-11,16,19,24,32,34H,1-2,7-9,12-15H2,(H,30,33)/t19-,24-,26-,27-/m1/s1. The fourth-order valence-electron chi connectivity index (χ4n) is 7.01. The van der Waals surface area contributed by atoms with E-state index in [4.69, 9.17) is 11.6 Å². The van der Waals surface area contributed by atoms with Gasteiger partial charge in [0.25, 0.3) is 0 Å². The second-order valence-electron chi connectivity index (χ2n) is 10.8. The van der Waals surface area contributed by atoms with Gasteiger partial charge in [0, 0.05) is 41.1 Å². The van der Waals surface area contributed by atoms with Crippen LogP contribution in [0.15, 0.2) is 36.4 Å². The largest absolute Gasteiger partial charge is 0.508 e. The number of aromatic hydroxyl groups is 1. The number of likely N-dealkylation sites (tertiary alicyclic amines) is 1. The van der Waals surface area contributed by atoms with Gasteiger partial charge >= 0.3 is 0 Å². The van der Waals surface area contributed by atoms with Crippen molar-refractivity contribution >= 4 is 17.5 Å². The number of nitrogens with one attached hydrogen (secondary N) is 1. The summed E-state index contributed by atoms with van der Waals surface area (Å²) in [6.07, 6.45) is 4.91. The van der Waals surface area contributed by atoms with Crippen molar-refractivity contribution in [3.63, 3.8) is 0 Å². The number of fused-ring (bicyclic) bond motifs is 1. The van der Waals surface area contributed by atoms with Crippen LogP contribution in [0.3, 0.4) is 0 Å². The molecule has 1 amide bonds. The Labute approximate surface area is 203 Å². The van der Waals surface area contributed by atoms with Crippen molar-refractivity contribution in [3.8, 4) is 5.75 Å². The van der Waals surface area contributed by atoms with Crippen molar-refractivity contribution in [1.29, 1.82) is 0 Å². The van der Waals surface area contributed by atoms with Gasteiger partial charge in [-0.1, -0.05) is 23.7 Å². The summed E-state index contributed by atoms with van der Waals surface area (Å²) in [5, 5.41) is 25.8. The molecule has 2 aromatic rings. The molecule has 0 radical (unpaired) electrons. The molecule has 3 fully saturated rings. The average molecular weight is 485 g/mol. The molecule has 3 aliphatic carbocycles. The van der Waals surface area contributed by atoms with Gasteiger partial charge in [0.15, 0.2) is 0 Å². The summed E-state index contributed by atoms with van der Waals surface area (Å²) in [5.74, 6) is -0.0710. The van der Waals surface area contributed by atoms with E-state index in [-0.39, 0.29) is 30.2 Å². The van der Waals surface area contributed by atoms with Gasteiger partial charge in [-0.2, -0.15) is 0 Å². The van der Waals surface area contributed by atoms with Gasteiger partial charge < -0.3 is 15.5 Å². The second kappa shape index (κ2) is 7.94. The first kappa shape index (κ1) is 22.3. The van der Waals surface area contributed by atoms with Crippen LogP contribution in [-0.4, -0.2) is 45.8 Å². The number of phenols is 1. The molecule has 7 heteroatoms. The Kier molecular flexibility index (Phi) is 5.21. The lowest BCUT2D eigenvalue weighted by Crippen LogP contribution is -2.69. The van der Waals surface area contributed by atoms with E-state index in [1.807, 2.05) is 6.07 Å². The first-order chi connectivity index (χ1) is 16.3. The minimum atomic E-state index is -1.03. The van der Waals surface area contributed by atoms with Gasteiger partial charge in [-0.3, -0.25) is 9.69 Å². The number of carbonyl (C=O) groups is 1. The quantitative estimate of drug-likeness (QED) is 0.601. The zero-order valence-electron chi connectivity index (χ0n) is 19.1. The minimum Gasteiger partial charge on any atom is -0.508 e. The van der Waals surface area contributed by atoms with E-state index < -0.39 is 16.8 Å². The molecule has 3 N–H and O–H groups in total. The average Bonchev–Trinajstić information content (AvgIpc) is 3.54. The summed E-state index contributed by atoms with van der Waals surface area (Å²) >= 11 is 5.84. The van der Waals surface area contributed by atoms with Crippen LogP contribution in [0, 0.1) is 17.7 Å². The molecule has 0 spiro atoms. The highest BCUT2D eigenvalue weighted by Crippen LogP contribution is 2.62. The van der Waals surface area contributed by atoms with Crippen LogP contribution >= 0.6 is 11.6 Å². The molecule has 2 bridgehead atoms. The number of hydrogen-bond donors (Lipinski definition) is 3. The number of carbonyl (C=O) groups excluding carboxylic acids is 1. The van der Waals surface area contributed by atoms with E-state index in [0.29, 0.717) is 29.3 Å². The molecule has 1 aliphatic heterocycles. The van der Waals surface area contributed by atoms with Gasteiger partial charge in [-0.25, -0.2) is 4.39 Å². The van der Waals surface area contributed by atoms with E-state index in [9.17, 15) is 19.4 Å². The van der Waals surface area contributed by atoms with Crippen LogP contribution < -0.4 is 5.32 Å². The summed E-state index contributed by atoms with van der Waals surface area (Å²) in [6.45, 7) is 1.98. The summed E-state index contributed by atoms with van der Waals surface area (Å²) in [4.78, 5) is 15.7. The third-order valence-corrected chi connectivity index (χ3v) is 9.08. The van der Waals surface area contributed by atoms with E-state index in [1.54, 1.807) is 24.3 Å². The van der Waals surface area contributed by atoms with Crippen molar-refractivity contribution in [2.75, 3.05) is 13.1 Å². The predicted octanol–water partition coefficient (Wildman–Crippen LogP) is 3.92. The van der Waals surface area contributed by atoms with Gasteiger partial charge in [0.05, 0.1) is 5.60 Å². The Bertz CT molecular complexity index is 1150. The van der Waals surface area contributed by atoms with Crippen molar-refractivity contribution in [3.05, 3.63) is 63.9 Å². The third-order valence-electron chi connectivity index (χ3n) is 8.85. The Balaban J connectivity index is 1.29. The normalized spacial score (nSPS) is 32.2. The van der Waals surface area contributed by atoms with E-state index >= 15 is 0 Å². The van der Waals surface area contributed by atoms with Crippen molar-refractivity contribution < 1.29 is 19.4 Å². The second-order valence-corrected chi connectivity index (χ2v) is 11.3. The Morgan fingerprint density at radius 1 is 1.21 bits per heavy atom. The van der Waals surface area contributed by atoms with Gasteiger partial charge in [-0.15, -0.1) is 0 Å². The maximum atomic E-state index is 14.2. The first-order valence-electron chi connectivity index (χ1n) is 12.3. The summed E-state index contributed by atoms with van der Waals surface area (Å²) in [6, 6.07) is 9.91. The van der Waals surface area contributed by atoms with E-state index in [2.05, 4.69) is 10.2 Å². The molecule has 4 atom stereocenters. The molecule has 6 rings (SSSR count). The molecular weight excluding hydrogens is 455 g/mol.